The Hall–Kier alpha value is -1.71. The molecule has 3 rings (SSSR count). The van der Waals surface area contributed by atoms with Gasteiger partial charge in [-0.2, -0.15) is 14.5 Å². The number of rotatable bonds is 5. The number of sulfonamides is 1. The van der Waals surface area contributed by atoms with Crippen LogP contribution in [-0.4, -0.2) is 49.7 Å². The number of nitrogens with zero attached hydrogens (tertiary/aromatic N) is 5. The highest BCUT2D eigenvalue weighted by molar-refractivity contribution is 7.89. The zero-order valence-corrected chi connectivity index (χ0v) is 14.8. The molecule has 0 spiro atoms. The number of fused-ring (bicyclic) bond motifs is 1. The van der Waals surface area contributed by atoms with Crippen LogP contribution in [0.3, 0.4) is 0 Å². The fourth-order valence-corrected chi connectivity index (χ4v) is 4.53. The highest BCUT2D eigenvalue weighted by Crippen LogP contribution is 2.24. The van der Waals surface area contributed by atoms with Gasteiger partial charge in [0.15, 0.2) is 0 Å². The lowest BCUT2D eigenvalue weighted by Gasteiger charge is -2.19. The van der Waals surface area contributed by atoms with Gasteiger partial charge in [-0.15, -0.1) is 0 Å². The van der Waals surface area contributed by atoms with Crippen molar-refractivity contribution in [3.63, 3.8) is 0 Å². The van der Waals surface area contributed by atoms with E-state index in [0.717, 1.165) is 5.69 Å². The van der Waals surface area contributed by atoms with Gasteiger partial charge in [0.05, 0.1) is 29.4 Å². The molecule has 0 radical (unpaired) electrons. The number of hydrogen-bond donors (Lipinski definition) is 1. The molecule has 0 saturated heterocycles. The standard InChI is InChI=1S/C15H23N5O3S/c1-3-9-24(22,23)19-7-4-8-20-12(11-19)10-13(17-20)15(21)14-5-6-16-18(14)2/h5-6,10,15,21H,3-4,7-9,11H2,1-2H3/t15-/m0/s1. The van der Waals surface area contributed by atoms with E-state index in [9.17, 15) is 13.5 Å². The fourth-order valence-electron chi connectivity index (χ4n) is 3.02. The molecular formula is C15H23N5O3S. The topological polar surface area (TPSA) is 93.2 Å². The van der Waals surface area contributed by atoms with Gasteiger partial charge < -0.3 is 5.11 Å². The third-order valence-electron chi connectivity index (χ3n) is 4.27. The summed E-state index contributed by atoms with van der Waals surface area (Å²) in [6, 6.07) is 3.53. The lowest BCUT2D eigenvalue weighted by atomic mass is 10.2. The molecule has 8 nitrogen and oxygen atoms in total. The normalized spacial score (nSPS) is 17.5. The molecular weight excluding hydrogens is 330 g/mol. The second kappa shape index (κ2) is 6.66. The molecule has 3 heterocycles. The summed E-state index contributed by atoms with van der Waals surface area (Å²) in [7, 11) is -1.48. The van der Waals surface area contributed by atoms with Crippen LogP contribution in [0.25, 0.3) is 0 Å². The lowest BCUT2D eigenvalue weighted by molar-refractivity contribution is 0.203. The SMILES string of the molecule is CCCS(=O)(=O)N1CCCn2nc([C@H](O)c3ccnn3C)cc2C1. The van der Waals surface area contributed by atoms with Gasteiger partial charge in [0.25, 0.3) is 0 Å². The van der Waals surface area contributed by atoms with Crippen LogP contribution in [0.4, 0.5) is 0 Å². The van der Waals surface area contributed by atoms with E-state index in [2.05, 4.69) is 10.2 Å². The molecule has 2 aromatic rings. The first kappa shape index (κ1) is 17.1. The first-order chi connectivity index (χ1) is 11.4. The van der Waals surface area contributed by atoms with E-state index in [1.807, 2.05) is 6.92 Å². The number of aromatic nitrogens is 4. The van der Waals surface area contributed by atoms with Gasteiger partial charge in [-0.1, -0.05) is 6.92 Å². The summed E-state index contributed by atoms with van der Waals surface area (Å²) in [5, 5.41) is 19.1. The number of aryl methyl sites for hydroxylation is 2. The zero-order valence-electron chi connectivity index (χ0n) is 14.0. The predicted molar refractivity (Wildman–Crippen MR) is 88.6 cm³/mol. The molecule has 1 aliphatic heterocycles. The van der Waals surface area contributed by atoms with Gasteiger partial charge in [-0.3, -0.25) is 9.36 Å². The molecule has 0 saturated carbocycles. The Morgan fingerprint density at radius 2 is 2.17 bits per heavy atom. The van der Waals surface area contributed by atoms with Gasteiger partial charge in [0.1, 0.15) is 6.10 Å². The van der Waals surface area contributed by atoms with Crippen molar-refractivity contribution in [2.75, 3.05) is 12.3 Å². The van der Waals surface area contributed by atoms with Crippen LogP contribution in [0.15, 0.2) is 18.3 Å². The van der Waals surface area contributed by atoms with E-state index in [0.29, 0.717) is 43.9 Å². The van der Waals surface area contributed by atoms with Gasteiger partial charge in [0, 0.05) is 26.3 Å². The van der Waals surface area contributed by atoms with E-state index >= 15 is 0 Å². The van der Waals surface area contributed by atoms with E-state index in [4.69, 9.17) is 0 Å². The van der Waals surface area contributed by atoms with Crippen LogP contribution in [-0.2, 0) is 30.2 Å². The van der Waals surface area contributed by atoms with E-state index in [1.54, 1.807) is 34.7 Å². The minimum atomic E-state index is -3.24. The van der Waals surface area contributed by atoms with E-state index < -0.39 is 16.1 Å². The molecule has 0 aromatic carbocycles. The number of aliphatic hydroxyl groups excluding tert-OH is 1. The summed E-state index contributed by atoms with van der Waals surface area (Å²) >= 11 is 0. The Labute approximate surface area is 141 Å². The lowest BCUT2D eigenvalue weighted by Crippen LogP contribution is -2.32. The van der Waals surface area contributed by atoms with E-state index in [1.165, 1.54) is 4.31 Å². The monoisotopic (exact) mass is 353 g/mol. The summed E-state index contributed by atoms with van der Waals surface area (Å²) < 4.78 is 29.6. The molecule has 2 aromatic heterocycles. The number of aliphatic hydroxyl groups is 1. The quantitative estimate of drug-likeness (QED) is 0.852. The molecule has 0 bridgehead atoms. The molecule has 132 valence electrons. The van der Waals surface area contributed by atoms with Gasteiger partial charge in [0.2, 0.25) is 10.0 Å². The van der Waals surface area contributed by atoms with Gasteiger partial charge in [-0.05, 0) is 25.0 Å². The molecule has 9 heteroatoms. The summed E-state index contributed by atoms with van der Waals surface area (Å²) in [6.45, 7) is 3.31. The maximum atomic E-state index is 12.4. The Balaban J connectivity index is 1.86. The maximum absolute atomic E-state index is 12.4. The van der Waals surface area contributed by atoms with Crippen LogP contribution < -0.4 is 0 Å². The summed E-state index contributed by atoms with van der Waals surface area (Å²) in [5.41, 5.74) is 1.98. The third kappa shape index (κ3) is 3.24. The molecule has 0 fully saturated rings. The minimum absolute atomic E-state index is 0.158. The van der Waals surface area contributed by atoms with Crippen molar-refractivity contribution in [2.24, 2.45) is 7.05 Å². The maximum Gasteiger partial charge on any atom is 0.214 e. The second-order valence-electron chi connectivity index (χ2n) is 6.07. The molecule has 1 atom stereocenters. The van der Waals surface area contributed by atoms with Crippen molar-refractivity contribution in [1.82, 2.24) is 23.9 Å². The van der Waals surface area contributed by atoms with E-state index in [-0.39, 0.29) is 5.75 Å². The van der Waals surface area contributed by atoms with Crippen molar-refractivity contribution in [2.45, 2.75) is 39.0 Å². The van der Waals surface area contributed by atoms with Crippen LogP contribution in [0.2, 0.25) is 0 Å². The predicted octanol–water partition coefficient (Wildman–Crippen LogP) is 0.644. The van der Waals surface area contributed by atoms with Crippen molar-refractivity contribution in [3.05, 3.63) is 35.4 Å². The molecule has 0 amide bonds. The smallest absolute Gasteiger partial charge is 0.214 e. The van der Waals surface area contributed by atoms with Crippen LogP contribution >= 0.6 is 0 Å². The average Bonchev–Trinajstić information content (AvgIpc) is 3.07. The first-order valence-corrected chi connectivity index (χ1v) is 9.73. The van der Waals surface area contributed by atoms with Gasteiger partial charge >= 0.3 is 0 Å². The Morgan fingerprint density at radius 1 is 1.38 bits per heavy atom. The molecule has 1 aliphatic rings. The van der Waals surface area contributed by atoms with Crippen LogP contribution in [0.1, 0.15) is 43.0 Å². The van der Waals surface area contributed by atoms with Crippen molar-refractivity contribution in [3.8, 4) is 0 Å². The first-order valence-electron chi connectivity index (χ1n) is 8.13. The average molecular weight is 353 g/mol. The van der Waals surface area contributed by atoms with Crippen molar-refractivity contribution >= 4 is 10.0 Å². The summed E-state index contributed by atoms with van der Waals surface area (Å²) in [5.74, 6) is 0.158. The Morgan fingerprint density at radius 3 is 2.83 bits per heavy atom. The fraction of sp³-hybridized carbons (Fsp3) is 0.600. The zero-order chi connectivity index (χ0) is 17.3. The molecule has 1 N–H and O–H groups in total. The van der Waals surface area contributed by atoms with Crippen LogP contribution in [0.5, 0.6) is 0 Å². The number of hydrogen-bond acceptors (Lipinski definition) is 5. The Kier molecular flexibility index (Phi) is 4.75. The van der Waals surface area contributed by atoms with Gasteiger partial charge in [-0.25, -0.2) is 8.42 Å². The summed E-state index contributed by atoms with van der Waals surface area (Å²) in [6.07, 6.45) is 2.05. The van der Waals surface area contributed by atoms with Crippen LogP contribution in [0, 0.1) is 0 Å². The largest absolute Gasteiger partial charge is 0.380 e. The summed E-state index contributed by atoms with van der Waals surface area (Å²) in [4.78, 5) is 0. The second-order valence-corrected chi connectivity index (χ2v) is 8.16. The highest BCUT2D eigenvalue weighted by atomic mass is 32.2. The third-order valence-corrected chi connectivity index (χ3v) is 6.30. The highest BCUT2D eigenvalue weighted by Gasteiger charge is 2.27. The van der Waals surface area contributed by atoms with Crippen molar-refractivity contribution < 1.29 is 13.5 Å². The minimum Gasteiger partial charge on any atom is -0.380 e. The molecule has 24 heavy (non-hydrogen) atoms. The molecule has 0 unspecified atom stereocenters. The Bertz CT molecular complexity index is 811. The van der Waals surface area contributed by atoms with Crippen molar-refractivity contribution in [1.29, 1.82) is 0 Å². The molecule has 0 aliphatic carbocycles.